The molecule has 0 amide bonds. The van der Waals surface area contributed by atoms with Gasteiger partial charge in [0.1, 0.15) is 16.8 Å². The van der Waals surface area contributed by atoms with Crippen molar-refractivity contribution in [2.45, 2.75) is 20.0 Å². The summed E-state index contributed by atoms with van der Waals surface area (Å²) < 4.78 is 40.0. The van der Waals surface area contributed by atoms with E-state index in [-0.39, 0.29) is 14.8 Å². The van der Waals surface area contributed by atoms with Gasteiger partial charge in [-0.2, -0.15) is 23.7 Å². The molecule has 0 spiro atoms. The number of hydrogen-bond donors (Lipinski definition) is 0. The van der Waals surface area contributed by atoms with Crippen LogP contribution in [0, 0.1) is 36.5 Å². The molecule has 2 aromatic carbocycles. The van der Waals surface area contributed by atoms with E-state index in [9.17, 15) is 28.5 Å². The molecule has 0 saturated heterocycles. The number of aryl methyl sites for hydroxylation is 2. The summed E-state index contributed by atoms with van der Waals surface area (Å²) in [6.45, 7) is 3.72. The van der Waals surface area contributed by atoms with Crippen LogP contribution in [-0.4, -0.2) is 4.57 Å². The summed E-state index contributed by atoms with van der Waals surface area (Å²) in [7, 11) is 0. The number of halogens is 3. The van der Waals surface area contributed by atoms with Gasteiger partial charge in [-0.25, -0.2) is 0 Å². The third kappa shape index (κ3) is 4.05. The fourth-order valence-corrected chi connectivity index (χ4v) is 4.01. The third-order valence-corrected chi connectivity index (χ3v) is 5.48. The van der Waals surface area contributed by atoms with Gasteiger partial charge in [-0.3, -0.25) is 9.36 Å². The van der Waals surface area contributed by atoms with Crippen LogP contribution in [0.15, 0.2) is 47.3 Å². The lowest BCUT2D eigenvalue weighted by molar-refractivity contribution is -0.137. The van der Waals surface area contributed by atoms with Crippen molar-refractivity contribution in [3.63, 3.8) is 0 Å². The molecule has 0 saturated carbocycles. The molecule has 0 bridgehead atoms. The Hall–Kier alpha value is -3.62. The number of aromatic nitrogens is 1. The first kappa shape index (κ1) is 21.1. The van der Waals surface area contributed by atoms with Crippen molar-refractivity contribution in [2.75, 3.05) is 0 Å². The molecule has 3 rings (SSSR count). The van der Waals surface area contributed by atoms with Crippen LogP contribution in [0.4, 0.5) is 13.2 Å². The zero-order valence-electron chi connectivity index (χ0n) is 15.9. The Kier molecular flexibility index (Phi) is 5.64. The Bertz CT molecular complexity index is 1370. The van der Waals surface area contributed by atoms with E-state index in [2.05, 4.69) is 0 Å². The predicted molar refractivity (Wildman–Crippen MR) is 108 cm³/mol. The Labute approximate surface area is 173 Å². The molecule has 0 fully saturated rings. The van der Waals surface area contributed by atoms with E-state index in [0.29, 0.717) is 11.3 Å². The van der Waals surface area contributed by atoms with E-state index in [4.69, 9.17) is 0 Å². The fraction of sp³-hybridized carbons (Fsp3) is 0.136. The van der Waals surface area contributed by atoms with E-state index in [1.165, 1.54) is 22.8 Å². The zero-order chi connectivity index (χ0) is 22.1. The van der Waals surface area contributed by atoms with E-state index < -0.39 is 17.3 Å². The largest absolute Gasteiger partial charge is 0.416 e. The molecule has 1 heterocycles. The molecule has 0 N–H and O–H groups in total. The highest BCUT2D eigenvalue weighted by atomic mass is 32.1. The molecule has 0 radical (unpaired) electrons. The first-order chi connectivity index (χ1) is 14.2. The second-order valence-corrected chi connectivity index (χ2v) is 7.60. The number of benzene rings is 2. The minimum absolute atomic E-state index is 0.176. The highest BCUT2D eigenvalue weighted by molar-refractivity contribution is 7.07. The molecule has 150 valence electrons. The van der Waals surface area contributed by atoms with Crippen molar-refractivity contribution in [3.8, 4) is 17.8 Å². The molecule has 0 aliphatic heterocycles. The molecule has 0 unspecified atom stereocenters. The SMILES string of the molecule is Cc1ccc(-n2c(=C(C#N)C#N)s/c(=C/c3ccc(C(F)(F)F)cc3)c2=O)c(C)c1. The highest BCUT2D eigenvalue weighted by Crippen LogP contribution is 2.29. The molecule has 1 aromatic heterocycles. The Morgan fingerprint density at radius 3 is 2.23 bits per heavy atom. The fourth-order valence-electron chi connectivity index (χ4n) is 2.97. The first-order valence-corrected chi connectivity index (χ1v) is 9.50. The Morgan fingerprint density at radius 1 is 1.07 bits per heavy atom. The second kappa shape index (κ2) is 8.02. The molecular weight excluding hydrogens is 411 g/mol. The normalized spacial score (nSPS) is 11.8. The van der Waals surface area contributed by atoms with Gasteiger partial charge in [0.05, 0.1) is 15.8 Å². The van der Waals surface area contributed by atoms with E-state index in [1.54, 1.807) is 18.2 Å². The van der Waals surface area contributed by atoms with Gasteiger partial charge in [0, 0.05) is 0 Å². The topological polar surface area (TPSA) is 69.6 Å². The molecule has 3 aromatic rings. The first-order valence-electron chi connectivity index (χ1n) is 8.68. The van der Waals surface area contributed by atoms with Gasteiger partial charge in [0.15, 0.2) is 5.57 Å². The molecule has 0 aliphatic rings. The molecule has 30 heavy (non-hydrogen) atoms. The van der Waals surface area contributed by atoms with E-state index in [0.717, 1.165) is 34.6 Å². The summed E-state index contributed by atoms with van der Waals surface area (Å²) in [6, 6.07) is 13.4. The molecular formula is C22H14F3N3OS. The van der Waals surface area contributed by atoms with Crippen molar-refractivity contribution in [2.24, 2.45) is 0 Å². The van der Waals surface area contributed by atoms with Crippen molar-refractivity contribution < 1.29 is 13.2 Å². The van der Waals surface area contributed by atoms with E-state index in [1.807, 2.05) is 26.0 Å². The number of thiazole rings is 1. The number of hydrogen-bond acceptors (Lipinski definition) is 4. The molecule has 8 heteroatoms. The van der Waals surface area contributed by atoms with Crippen molar-refractivity contribution in [1.82, 2.24) is 4.57 Å². The van der Waals surface area contributed by atoms with Crippen LogP contribution in [-0.2, 0) is 6.18 Å². The van der Waals surface area contributed by atoms with Crippen LogP contribution in [0.3, 0.4) is 0 Å². The van der Waals surface area contributed by atoms with Crippen molar-refractivity contribution in [1.29, 1.82) is 10.5 Å². The monoisotopic (exact) mass is 425 g/mol. The third-order valence-electron chi connectivity index (χ3n) is 4.39. The summed E-state index contributed by atoms with van der Waals surface area (Å²) in [5.41, 5.74) is 1.25. The summed E-state index contributed by atoms with van der Waals surface area (Å²) in [4.78, 5) is 13.1. The predicted octanol–water partition coefficient (Wildman–Crippen LogP) is 3.56. The minimum atomic E-state index is -4.45. The molecule has 0 aliphatic carbocycles. The number of nitriles is 2. The van der Waals surface area contributed by atoms with E-state index >= 15 is 0 Å². The summed E-state index contributed by atoms with van der Waals surface area (Å²) >= 11 is 0.946. The van der Waals surface area contributed by atoms with Crippen molar-refractivity contribution in [3.05, 3.63) is 84.3 Å². The quantitative estimate of drug-likeness (QED) is 0.631. The number of alkyl halides is 3. The van der Waals surface area contributed by atoms with Crippen LogP contribution in [0.25, 0.3) is 17.3 Å². The summed E-state index contributed by atoms with van der Waals surface area (Å²) in [5, 5.41) is 18.7. The summed E-state index contributed by atoms with van der Waals surface area (Å²) in [5.74, 6) is 0. The average molecular weight is 425 g/mol. The molecule has 0 atom stereocenters. The number of rotatable bonds is 2. The lowest BCUT2D eigenvalue weighted by atomic mass is 10.1. The lowest BCUT2D eigenvalue weighted by Crippen LogP contribution is -2.31. The van der Waals surface area contributed by atoms with Gasteiger partial charge >= 0.3 is 6.18 Å². The van der Waals surface area contributed by atoms with Gasteiger partial charge in [0.25, 0.3) is 5.56 Å². The second-order valence-electron chi connectivity index (χ2n) is 6.56. The lowest BCUT2D eigenvalue weighted by Gasteiger charge is -2.07. The van der Waals surface area contributed by atoms with Gasteiger partial charge in [-0.05, 0) is 49.2 Å². The van der Waals surface area contributed by atoms with Gasteiger partial charge < -0.3 is 0 Å². The van der Waals surface area contributed by atoms with Crippen LogP contribution in [0.2, 0.25) is 0 Å². The maximum atomic E-state index is 13.1. The molecule has 4 nitrogen and oxygen atoms in total. The van der Waals surface area contributed by atoms with Gasteiger partial charge in [-0.15, -0.1) is 11.3 Å². The highest BCUT2D eigenvalue weighted by Gasteiger charge is 2.29. The Balaban J connectivity index is 2.30. The summed E-state index contributed by atoms with van der Waals surface area (Å²) in [6.07, 6.45) is -3.00. The smallest absolute Gasteiger partial charge is 0.267 e. The van der Waals surface area contributed by atoms with Gasteiger partial charge in [0.2, 0.25) is 0 Å². The Morgan fingerprint density at radius 2 is 1.70 bits per heavy atom. The van der Waals surface area contributed by atoms with Gasteiger partial charge in [-0.1, -0.05) is 29.8 Å². The zero-order valence-corrected chi connectivity index (χ0v) is 16.7. The standard InChI is InChI=1S/C22H14F3N3OS/c1-13-3-8-18(14(2)9-13)28-20(29)19(30-21(28)16(11-26)12-27)10-15-4-6-17(7-5-15)22(23,24)25/h3-10H,1-2H3/b19-10+. The average Bonchev–Trinajstić information content (AvgIpc) is 2.99. The van der Waals surface area contributed by atoms with Crippen LogP contribution in [0.1, 0.15) is 22.3 Å². The minimum Gasteiger partial charge on any atom is -0.267 e. The van der Waals surface area contributed by atoms with Crippen molar-refractivity contribution >= 4 is 23.0 Å². The van der Waals surface area contributed by atoms with Crippen LogP contribution in [0.5, 0.6) is 0 Å². The van der Waals surface area contributed by atoms with Crippen LogP contribution < -0.4 is 14.8 Å². The maximum absolute atomic E-state index is 13.1. The number of nitrogens with zero attached hydrogens (tertiary/aromatic N) is 3. The maximum Gasteiger partial charge on any atom is 0.416 e. The van der Waals surface area contributed by atoms with Crippen LogP contribution >= 0.6 is 11.3 Å².